The molecule has 0 unspecified atom stereocenters. The van der Waals surface area contributed by atoms with Gasteiger partial charge in [-0.1, -0.05) is 0 Å². The number of piperazine rings is 1. The summed E-state index contributed by atoms with van der Waals surface area (Å²) in [6.07, 6.45) is 0.363. The highest BCUT2D eigenvalue weighted by atomic mass is 16.5. The molecule has 8 heteroatoms. The number of rotatable bonds is 2. The van der Waals surface area contributed by atoms with Crippen LogP contribution in [0, 0.1) is 0 Å². The van der Waals surface area contributed by atoms with Crippen LogP contribution in [0.4, 0.5) is 10.8 Å². The minimum absolute atomic E-state index is 0.0353. The number of anilines is 1. The lowest BCUT2D eigenvalue weighted by Gasteiger charge is -2.31. The number of methoxy groups -OCH3 is 1. The van der Waals surface area contributed by atoms with E-state index in [1.54, 1.807) is 4.90 Å². The van der Waals surface area contributed by atoms with Gasteiger partial charge in [0.05, 0.1) is 13.3 Å². The summed E-state index contributed by atoms with van der Waals surface area (Å²) in [5, 5.41) is 8.81. The number of carboxylic acid groups (broad SMARTS) is 1. The van der Waals surface area contributed by atoms with Crippen molar-refractivity contribution in [2.24, 2.45) is 0 Å². The Morgan fingerprint density at radius 2 is 2.06 bits per heavy atom. The van der Waals surface area contributed by atoms with Crippen LogP contribution in [0.2, 0.25) is 0 Å². The zero-order valence-electron chi connectivity index (χ0n) is 9.83. The fourth-order valence-corrected chi connectivity index (χ4v) is 1.70. The first-order chi connectivity index (χ1) is 8.61. The van der Waals surface area contributed by atoms with Gasteiger partial charge in [0.25, 0.3) is 6.01 Å². The summed E-state index contributed by atoms with van der Waals surface area (Å²) in [4.78, 5) is 29.0. The van der Waals surface area contributed by atoms with E-state index in [4.69, 9.17) is 9.52 Å². The molecule has 8 nitrogen and oxygen atoms in total. The Kier molecular flexibility index (Phi) is 3.35. The molecule has 1 aromatic rings. The highest BCUT2D eigenvalue weighted by Crippen LogP contribution is 2.17. The lowest BCUT2D eigenvalue weighted by atomic mass is 10.3. The topological polar surface area (TPSA) is 96.1 Å². The summed E-state index contributed by atoms with van der Waals surface area (Å²) in [7, 11) is 1.26. The zero-order chi connectivity index (χ0) is 13.1. The van der Waals surface area contributed by atoms with Gasteiger partial charge in [-0.15, -0.1) is 0 Å². The second-order valence-corrected chi connectivity index (χ2v) is 3.76. The third-order valence-corrected chi connectivity index (χ3v) is 2.70. The fourth-order valence-electron chi connectivity index (χ4n) is 1.70. The average molecular weight is 255 g/mol. The zero-order valence-corrected chi connectivity index (χ0v) is 9.83. The van der Waals surface area contributed by atoms with Gasteiger partial charge in [0.1, 0.15) is 0 Å². The van der Waals surface area contributed by atoms with Gasteiger partial charge in [0, 0.05) is 26.2 Å². The molecule has 1 aliphatic rings. The summed E-state index contributed by atoms with van der Waals surface area (Å²) < 4.78 is 9.75. The Morgan fingerprint density at radius 3 is 2.61 bits per heavy atom. The first-order valence-electron chi connectivity index (χ1n) is 5.39. The Balaban J connectivity index is 1.99. The molecule has 0 aliphatic carbocycles. The predicted molar refractivity (Wildman–Crippen MR) is 59.7 cm³/mol. The van der Waals surface area contributed by atoms with Crippen molar-refractivity contribution in [2.75, 3.05) is 38.2 Å². The molecule has 0 bridgehead atoms. The number of hydrogen-bond acceptors (Lipinski definition) is 6. The molecule has 2 heterocycles. The lowest BCUT2D eigenvalue weighted by molar-refractivity contribution is 0.0565. The maximum atomic E-state index is 11.2. The van der Waals surface area contributed by atoms with Gasteiger partial charge in [-0.3, -0.25) is 0 Å². The van der Waals surface area contributed by atoms with E-state index >= 15 is 0 Å². The molecule has 18 heavy (non-hydrogen) atoms. The second-order valence-electron chi connectivity index (χ2n) is 3.76. The highest BCUT2D eigenvalue weighted by molar-refractivity contribution is 5.86. The van der Waals surface area contributed by atoms with Gasteiger partial charge in [0.15, 0.2) is 0 Å². The van der Waals surface area contributed by atoms with Crippen molar-refractivity contribution in [3.8, 4) is 0 Å². The van der Waals surface area contributed by atoms with Crippen LogP contribution in [0.5, 0.6) is 0 Å². The number of aromatic nitrogens is 1. The summed E-state index contributed by atoms with van der Waals surface area (Å²) in [5.74, 6) is -0.550. The normalized spacial score (nSPS) is 15.6. The molecule has 0 spiro atoms. The first kappa shape index (κ1) is 12.2. The first-order valence-corrected chi connectivity index (χ1v) is 5.39. The van der Waals surface area contributed by atoms with Crippen molar-refractivity contribution >= 4 is 18.1 Å². The van der Waals surface area contributed by atoms with Gasteiger partial charge in [0.2, 0.25) is 5.76 Å². The smallest absolute Gasteiger partial charge is 0.407 e. The number of amides is 1. The van der Waals surface area contributed by atoms with Crippen molar-refractivity contribution in [1.82, 2.24) is 9.88 Å². The molecule has 2 rings (SSSR count). The number of carbonyl (C=O) groups excluding carboxylic acids is 1. The monoisotopic (exact) mass is 255 g/mol. The van der Waals surface area contributed by atoms with Gasteiger partial charge in [-0.2, -0.15) is 0 Å². The Labute approximate surface area is 103 Å². The maximum Gasteiger partial charge on any atom is 0.407 e. The van der Waals surface area contributed by atoms with E-state index in [2.05, 4.69) is 9.72 Å². The summed E-state index contributed by atoms with van der Waals surface area (Å²) >= 11 is 0. The number of nitrogens with zero attached hydrogens (tertiary/aromatic N) is 3. The summed E-state index contributed by atoms with van der Waals surface area (Å²) in [5.41, 5.74) is 0. The van der Waals surface area contributed by atoms with Crippen LogP contribution in [-0.4, -0.2) is 60.3 Å². The van der Waals surface area contributed by atoms with E-state index in [1.807, 2.05) is 0 Å². The van der Waals surface area contributed by atoms with Crippen LogP contribution in [-0.2, 0) is 4.74 Å². The van der Waals surface area contributed by atoms with Crippen molar-refractivity contribution in [3.05, 3.63) is 12.0 Å². The quantitative estimate of drug-likeness (QED) is 0.757. The largest absolute Gasteiger partial charge is 0.465 e. The van der Waals surface area contributed by atoms with Crippen molar-refractivity contribution in [3.63, 3.8) is 0 Å². The van der Waals surface area contributed by atoms with Gasteiger partial charge < -0.3 is 24.1 Å². The molecule has 1 saturated heterocycles. The van der Waals surface area contributed by atoms with Crippen molar-refractivity contribution in [1.29, 1.82) is 0 Å². The highest BCUT2D eigenvalue weighted by Gasteiger charge is 2.24. The predicted octanol–water partition coefficient (Wildman–Crippen LogP) is 0.261. The molecule has 1 amide bonds. The SMILES string of the molecule is COC(=O)c1cnc(N2CCN(C(=O)O)CC2)o1. The standard InChI is InChI=1S/C10H13N3O5/c1-17-8(14)7-6-11-9(18-7)12-2-4-13(5-3-12)10(15)16/h6H,2-5H2,1H3,(H,15,16). The summed E-state index contributed by atoms with van der Waals surface area (Å²) in [6.45, 7) is 1.72. The number of ether oxygens (including phenoxy) is 1. The molecule has 1 fully saturated rings. The van der Waals surface area contributed by atoms with Gasteiger partial charge in [-0.05, 0) is 0 Å². The molecule has 98 valence electrons. The lowest BCUT2D eigenvalue weighted by Crippen LogP contribution is -2.48. The van der Waals surface area contributed by atoms with E-state index in [0.29, 0.717) is 32.2 Å². The third kappa shape index (κ3) is 2.36. The number of carbonyl (C=O) groups is 2. The van der Waals surface area contributed by atoms with Gasteiger partial charge in [-0.25, -0.2) is 14.6 Å². The van der Waals surface area contributed by atoms with Gasteiger partial charge >= 0.3 is 12.1 Å². The van der Waals surface area contributed by atoms with Crippen LogP contribution >= 0.6 is 0 Å². The molecule has 0 saturated carbocycles. The van der Waals surface area contributed by atoms with E-state index in [0.717, 1.165) is 0 Å². The van der Waals surface area contributed by atoms with E-state index in [-0.39, 0.29) is 5.76 Å². The van der Waals surface area contributed by atoms with Crippen LogP contribution in [0.25, 0.3) is 0 Å². The second kappa shape index (κ2) is 4.94. The summed E-state index contributed by atoms with van der Waals surface area (Å²) in [6, 6.07) is 0.306. The maximum absolute atomic E-state index is 11.2. The molecule has 0 atom stereocenters. The Hall–Kier alpha value is -2.25. The number of esters is 1. The van der Waals surface area contributed by atoms with E-state index in [1.165, 1.54) is 18.2 Å². The molecule has 1 aliphatic heterocycles. The van der Waals surface area contributed by atoms with Crippen LogP contribution in [0.1, 0.15) is 10.6 Å². The van der Waals surface area contributed by atoms with Crippen LogP contribution < -0.4 is 4.90 Å². The van der Waals surface area contributed by atoms with E-state index in [9.17, 15) is 9.59 Å². The van der Waals surface area contributed by atoms with E-state index < -0.39 is 12.1 Å². The molecular weight excluding hydrogens is 242 g/mol. The fraction of sp³-hybridized carbons (Fsp3) is 0.500. The number of oxazole rings is 1. The van der Waals surface area contributed by atoms with Crippen LogP contribution in [0.3, 0.4) is 0 Å². The molecule has 1 N–H and O–H groups in total. The average Bonchev–Trinajstić information content (AvgIpc) is 2.87. The Morgan fingerprint density at radius 1 is 1.39 bits per heavy atom. The molecule has 1 aromatic heterocycles. The molecule has 0 radical (unpaired) electrons. The minimum atomic E-state index is -0.933. The van der Waals surface area contributed by atoms with Crippen LogP contribution in [0.15, 0.2) is 10.6 Å². The minimum Gasteiger partial charge on any atom is -0.465 e. The third-order valence-electron chi connectivity index (χ3n) is 2.70. The van der Waals surface area contributed by atoms with Crippen molar-refractivity contribution < 1.29 is 23.8 Å². The molecule has 0 aromatic carbocycles. The Bertz CT molecular complexity index is 450. The van der Waals surface area contributed by atoms with Crippen molar-refractivity contribution in [2.45, 2.75) is 0 Å². The molecular formula is C10H13N3O5. The number of hydrogen-bond donors (Lipinski definition) is 1.